The van der Waals surface area contributed by atoms with Gasteiger partial charge in [0.25, 0.3) is 0 Å². The Kier molecular flexibility index (Phi) is 5.12. The molecule has 28 heavy (non-hydrogen) atoms. The second kappa shape index (κ2) is 7.86. The summed E-state index contributed by atoms with van der Waals surface area (Å²) in [5, 5.41) is 0.759. The first kappa shape index (κ1) is 18.3. The first-order valence-electron chi connectivity index (χ1n) is 9.41. The van der Waals surface area contributed by atoms with Crippen LogP contribution in [0.15, 0.2) is 48.7 Å². The number of aromatic nitrogens is 2. The van der Waals surface area contributed by atoms with Crippen LogP contribution in [0.2, 0.25) is 0 Å². The summed E-state index contributed by atoms with van der Waals surface area (Å²) in [5.74, 6) is -0.812. The van der Waals surface area contributed by atoms with Crippen molar-refractivity contribution in [2.75, 3.05) is 19.7 Å². The summed E-state index contributed by atoms with van der Waals surface area (Å²) in [6.45, 7) is 4.24. The third-order valence-electron chi connectivity index (χ3n) is 5.06. The topological polar surface area (TPSA) is 72.4 Å². The second-order valence-electron chi connectivity index (χ2n) is 6.76. The summed E-state index contributed by atoms with van der Waals surface area (Å²) in [6.07, 6.45) is 2.34. The lowest BCUT2D eigenvalue weighted by Gasteiger charge is -2.28. The van der Waals surface area contributed by atoms with E-state index >= 15 is 0 Å². The van der Waals surface area contributed by atoms with E-state index in [0.29, 0.717) is 12.1 Å². The SMILES string of the molecule is CCN1CCc2nc3ccccc3c(C(=O)OCC(=O)c3ccccn3)c2C1. The fraction of sp³-hybridized carbons (Fsp3) is 0.273. The van der Waals surface area contributed by atoms with Crippen LogP contribution >= 0.6 is 0 Å². The molecule has 0 saturated carbocycles. The first-order chi connectivity index (χ1) is 13.7. The van der Waals surface area contributed by atoms with Gasteiger partial charge in [-0.15, -0.1) is 0 Å². The predicted molar refractivity (Wildman–Crippen MR) is 105 cm³/mol. The van der Waals surface area contributed by atoms with Gasteiger partial charge >= 0.3 is 5.97 Å². The van der Waals surface area contributed by atoms with Crippen LogP contribution in [0.5, 0.6) is 0 Å². The normalized spacial score (nSPS) is 13.9. The maximum absolute atomic E-state index is 13.0. The molecule has 0 radical (unpaired) electrons. The average Bonchev–Trinajstić information content (AvgIpc) is 2.75. The highest BCUT2D eigenvalue weighted by atomic mass is 16.5. The molecule has 0 atom stereocenters. The van der Waals surface area contributed by atoms with E-state index in [9.17, 15) is 9.59 Å². The van der Waals surface area contributed by atoms with Crippen LogP contribution in [-0.4, -0.2) is 46.3 Å². The molecule has 0 fully saturated rings. The zero-order valence-electron chi connectivity index (χ0n) is 15.7. The van der Waals surface area contributed by atoms with Crippen LogP contribution in [0.3, 0.4) is 0 Å². The first-order valence-corrected chi connectivity index (χ1v) is 9.41. The number of rotatable bonds is 5. The Hall–Kier alpha value is -3.12. The minimum absolute atomic E-state index is 0.286. The highest BCUT2D eigenvalue weighted by Crippen LogP contribution is 2.28. The van der Waals surface area contributed by atoms with Crippen LogP contribution in [0.1, 0.15) is 39.0 Å². The Labute approximate surface area is 163 Å². The Bertz CT molecular complexity index is 1030. The molecule has 2 aromatic heterocycles. The Morgan fingerprint density at radius 2 is 1.96 bits per heavy atom. The maximum atomic E-state index is 13.0. The Morgan fingerprint density at radius 3 is 2.75 bits per heavy atom. The van der Waals surface area contributed by atoms with Crippen molar-refractivity contribution in [1.29, 1.82) is 0 Å². The van der Waals surface area contributed by atoms with Crippen LogP contribution in [0, 0.1) is 0 Å². The minimum Gasteiger partial charge on any atom is -0.454 e. The van der Waals surface area contributed by atoms with E-state index in [0.717, 1.165) is 41.7 Å². The third-order valence-corrected chi connectivity index (χ3v) is 5.06. The monoisotopic (exact) mass is 375 g/mol. The molecule has 0 aliphatic carbocycles. The number of likely N-dealkylation sites (N-methyl/N-ethyl adjacent to an activating group) is 1. The van der Waals surface area contributed by atoms with Crippen molar-refractivity contribution in [1.82, 2.24) is 14.9 Å². The van der Waals surface area contributed by atoms with Crippen molar-refractivity contribution in [2.24, 2.45) is 0 Å². The van der Waals surface area contributed by atoms with E-state index in [1.54, 1.807) is 24.4 Å². The second-order valence-corrected chi connectivity index (χ2v) is 6.76. The predicted octanol–water partition coefficient (Wildman–Crippen LogP) is 3.05. The van der Waals surface area contributed by atoms with Gasteiger partial charge in [0.15, 0.2) is 6.61 Å². The average molecular weight is 375 g/mol. The van der Waals surface area contributed by atoms with Crippen molar-refractivity contribution in [3.8, 4) is 0 Å². The number of pyridine rings is 2. The lowest BCUT2D eigenvalue weighted by atomic mass is 9.96. The fourth-order valence-corrected chi connectivity index (χ4v) is 3.55. The zero-order chi connectivity index (χ0) is 19.5. The van der Waals surface area contributed by atoms with Gasteiger partial charge < -0.3 is 4.74 Å². The summed E-state index contributed by atoms with van der Waals surface area (Å²) < 4.78 is 5.41. The standard InChI is InChI=1S/C22H21N3O3/c1-2-25-12-10-18-16(13-25)21(15-7-3-4-8-17(15)24-18)22(27)28-14-20(26)19-9-5-6-11-23-19/h3-9,11H,2,10,12-14H2,1H3. The minimum atomic E-state index is -0.489. The van der Waals surface area contributed by atoms with Crippen LogP contribution < -0.4 is 0 Å². The fourth-order valence-electron chi connectivity index (χ4n) is 3.55. The van der Waals surface area contributed by atoms with E-state index < -0.39 is 5.97 Å². The summed E-state index contributed by atoms with van der Waals surface area (Å²) >= 11 is 0. The van der Waals surface area contributed by atoms with Crippen LogP contribution in [-0.2, 0) is 17.7 Å². The number of para-hydroxylation sites is 1. The van der Waals surface area contributed by atoms with Crippen molar-refractivity contribution in [2.45, 2.75) is 19.9 Å². The molecule has 1 aromatic carbocycles. The molecule has 0 bridgehead atoms. The number of hydrogen-bond donors (Lipinski definition) is 0. The van der Waals surface area contributed by atoms with Gasteiger partial charge in [-0.3, -0.25) is 19.7 Å². The number of ether oxygens (including phenoxy) is 1. The highest BCUT2D eigenvalue weighted by molar-refractivity contribution is 6.06. The van der Waals surface area contributed by atoms with E-state index in [4.69, 9.17) is 9.72 Å². The Morgan fingerprint density at radius 1 is 1.14 bits per heavy atom. The molecule has 1 aliphatic rings. The molecule has 3 heterocycles. The van der Waals surface area contributed by atoms with E-state index in [1.807, 2.05) is 24.3 Å². The van der Waals surface area contributed by atoms with Gasteiger partial charge in [-0.25, -0.2) is 4.79 Å². The lowest BCUT2D eigenvalue weighted by molar-refractivity contribution is 0.0472. The maximum Gasteiger partial charge on any atom is 0.339 e. The van der Waals surface area contributed by atoms with E-state index in [-0.39, 0.29) is 18.1 Å². The number of benzene rings is 1. The smallest absolute Gasteiger partial charge is 0.339 e. The molecule has 142 valence electrons. The number of ketones is 1. The molecule has 1 aliphatic heterocycles. The molecule has 0 amide bonds. The zero-order valence-corrected chi connectivity index (χ0v) is 15.7. The van der Waals surface area contributed by atoms with Gasteiger partial charge in [-0.2, -0.15) is 0 Å². The van der Waals surface area contributed by atoms with Gasteiger partial charge in [-0.05, 0) is 24.7 Å². The number of Topliss-reactive ketones (excluding diaryl/α,β-unsaturated/α-hetero) is 1. The van der Waals surface area contributed by atoms with Crippen LogP contribution in [0.25, 0.3) is 10.9 Å². The summed E-state index contributed by atoms with van der Waals surface area (Å²) in [7, 11) is 0. The number of nitrogens with zero attached hydrogens (tertiary/aromatic N) is 3. The molecular weight excluding hydrogens is 354 g/mol. The molecule has 0 N–H and O–H groups in total. The molecule has 6 heteroatoms. The summed E-state index contributed by atoms with van der Waals surface area (Å²) in [6, 6.07) is 12.6. The molecule has 4 rings (SSSR count). The number of esters is 1. The largest absolute Gasteiger partial charge is 0.454 e. The van der Waals surface area contributed by atoms with Gasteiger partial charge in [-0.1, -0.05) is 31.2 Å². The Balaban J connectivity index is 1.66. The summed E-state index contributed by atoms with van der Waals surface area (Å²) in [4.78, 5) is 36.3. The lowest BCUT2D eigenvalue weighted by Crippen LogP contribution is -2.32. The molecule has 0 unspecified atom stereocenters. The van der Waals surface area contributed by atoms with Crippen molar-refractivity contribution < 1.29 is 14.3 Å². The number of carbonyl (C=O) groups excluding carboxylic acids is 2. The molecular formula is C22H21N3O3. The van der Waals surface area contributed by atoms with Crippen molar-refractivity contribution in [3.63, 3.8) is 0 Å². The number of hydrogen-bond acceptors (Lipinski definition) is 6. The molecule has 0 saturated heterocycles. The summed E-state index contributed by atoms with van der Waals surface area (Å²) in [5.41, 5.74) is 3.42. The van der Waals surface area contributed by atoms with Gasteiger partial charge in [0, 0.05) is 42.4 Å². The molecule has 0 spiro atoms. The van der Waals surface area contributed by atoms with Crippen molar-refractivity contribution in [3.05, 3.63) is 71.2 Å². The van der Waals surface area contributed by atoms with E-state index in [1.165, 1.54) is 0 Å². The number of fused-ring (bicyclic) bond motifs is 2. The number of carbonyl (C=O) groups is 2. The van der Waals surface area contributed by atoms with E-state index in [2.05, 4.69) is 16.8 Å². The van der Waals surface area contributed by atoms with Crippen molar-refractivity contribution >= 4 is 22.7 Å². The third kappa shape index (κ3) is 3.51. The highest BCUT2D eigenvalue weighted by Gasteiger charge is 2.26. The quantitative estimate of drug-likeness (QED) is 0.504. The van der Waals surface area contributed by atoms with Gasteiger partial charge in [0.05, 0.1) is 11.1 Å². The van der Waals surface area contributed by atoms with Gasteiger partial charge in [0.2, 0.25) is 5.78 Å². The van der Waals surface area contributed by atoms with Gasteiger partial charge in [0.1, 0.15) is 5.69 Å². The molecule has 6 nitrogen and oxygen atoms in total. The van der Waals surface area contributed by atoms with Crippen LogP contribution in [0.4, 0.5) is 0 Å². The molecule has 3 aromatic rings.